The molecule has 2 atom stereocenters. The Morgan fingerprint density at radius 1 is 1.47 bits per heavy atom. The molecule has 0 spiro atoms. The van der Waals surface area contributed by atoms with Gasteiger partial charge in [-0.15, -0.1) is 0 Å². The summed E-state index contributed by atoms with van der Waals surface area (Å²) in [5.41, 5.74) is -0.480. The minimum Gasteiger partial charge on any atom is -0.444 e. The van der Waals surface area contributed by atoms with Crippen molar-refractivity contribution in [1.29, 1.82) is 0 Å². The SMILES string of the molecule is CC(NC(=O)OC(C)(C)C)C1CCCC(=O)C1. The summed E-state index contributed by atoms with van der Waals surface area (Å²) in [5.74, 6) is 0.558. The summed E-state index contributed by atoms with van der Waals surface area (Å²) in [5, 5.41) is 2.81. The maximum atomic E-state index is 11.6. The molecule has 0 saturated heterocycles. The number of Topliss-reactive ketones (excluding diaryl/α,β-unsaturated/α-hetero) is 1. The van der Waals surface area contributed by atoms with Gasteiger partial charge in [0.2, 0.25) is 0 Å². The zero-order valence-corrected chi connectivity index (χ0v) is 11.2. The molecule has 0 radical (unpaired) electrons. The van der Waals surface area contributed by atoms with Crippen molar-refractivity contribution in [3.63, 3.8) is 0 Å². The summed E-state index contributed by atoms with van der Waals surface area (Å²) in [4.78, 5) is 22.9. The third-order valence-electron chi connectivity index (χ3n) is 2.97. The van der Waals surface area contributed by atoms with E-state index in [2.05, 4.69) is 5.32 Å². The third kappa shape index (κ3) is 5.20. The Morgan fingerprint density at radius 2 is 2.12 bits per heavy atom. The lowest BCUT2D eigenvalue weighted by molar-refractivity contribution is -0.121. The van der Waals surface area contributed by atoms with E-state index < -0.39 is 11.7 Å². The molecule has 0 aromatic carbocycles. The molecule has 0 heterocycles. The van der Waals surface area contributed by atoms with Gasteiger partial charge in [-0.2, -0.15) is 0 Å². The number of amides is 1. The Kier molecular flexibility index (Phi) is 4.54. The molecule has 2 unspecified atom stereocenters. The van der Waals surface area contributed by atoms with E-state index in [1.54, 1.807) is 0 Å². The zero-order valence-electron chi connectivity index (χ0n) is 11.2. The fraction of sp³-hybridized carbons (Fsp3) is 0.846. The smallest absolute Gasteiger partial charge is 0.407 e. The van der Waals surface area contributed by atoms with Crippen molar-refractivity contribution in [2.24, 2.45) is 5.92 Å². The molecule has 17 heavy (non-hydrogen) atoms. The quantitative estimate of drug-likeness (QED) is 0.808. The monoisotopic (exact) mass is 241 g/mol. The second-order valence-electron chi connectivity index (χ2n) is 5.83. The number of alkyl carbamates (subject to hydrolysis) is 1. The molecule has 1 amide bonds. The maximum Gasteiger partial charge on any atom is 0.407 e. The number of hydrogen-bond donors (Lipinski definition) is 1. The van der Waals surface area contributed by atoms with E-state index in [1.165, 1.54) is 0 Å². The van der Waals surface area contributed by atoms with Crippen LogP contribution in [0.15, 0.2) is 0 Å². The predicted octanol–water partition coefficient (Wildman–Crippen LogP) is 2.66. The first-order valence-electron chi connectivity index (χ1n) is 6.29. The van der Waals surface area contributed by atoms with E-state index in [0.717, 1.165) is 12.8 Å². The Hall–Kier alpha value is -1.06. The first-order valence-corrected chi connectivity index (χ1v) is 6.29. The van der Waals surface area contributed by atoms with Crippen LogP contribution in [-0.4, -0.2) is 23.5 Å². The molecule has 1 aliphatic carbocycles. The van der Waals surface area contributed by atoms with Gasteiger partial charge in [0.1, 0.15) is 11.4 Å². The van der Waals surface area contributed by atoms with Crippen LogP contribution in [0.1, 0.15) is 53.4 Å². The number of rotatable bonds is 2. The molecule has 0 aromatic heterocycles. The summed E-state index contributed by atoms with van der Waals surface area (Å²) >= 11 is 0. The molecular formula is C13H23NO3. The van der Waals surface area contributed by atoms with Gasteiger partial charge in [0.25, 0.3) is 0 Å². The van der Waals surface area contributed by atoms with Gasteiger partial charge in [0.05, 0.1) is 0 Å². The van der Waals surface area contributed by atoms with Gasteiger partial charge < -0.3 is 10.1 Å². The summed E-state index contributed by atoms with van der Waals surface area (Å²) in [6, 6.07) is -0.00546. The summed E-state index contributed by atoms with van der Waals surface area (Å²) < 4.78 is 5.19. The van der Waals surface area contributed by atoms with Crippen LogP contribution in [0.25, 0.3) is 0 Å². The molecule has 0 aromatic rings. The normalized spacial score (nSPS) is 23.1. The number of ketones is 1. The van der Waals surface area contributed by atoms with Gasteiger partial charge >= 0.3 is 6.09 Å². The van der Waals surface area contributed by atoms with Crippen LogP contribution in [0.5, 0.6) is 0 Å². The highest BCUT2D eigenvalue weighted by molar-refractivity contribution is 5.79. The lowest BCUT2D eigenvalue weighted by atomic mass is 9.84. The molecule has 1 fully saturated rings. The molecule has 0 bridgehead atoms. The van der Waals surface area contributed by atoms with Gasteiger partial charge in [0.15, 0.2) is 0 Å². The Bertz CT molecular complexity index is 294. The van der Waals surface area contributed by atoms with Crippen molar-refractivity contribution in [2.45, 2.75) is 65.0 Å². The first-order chi connectivity index (χ1) is 7.78. The Morgan fingerprint density at radius 3 is 2.65 bits per heavy atom. The van der Waals surface area contributed by atoms with Gasteiger partial charge in [-0.1, -0.05) is 0 Å². The average molecular weight is 241 g/mol. The van der Waals surface area contributed by atoms with Crippen molar-refractivity contribution in [3.05, 3.63) is 0 Å². The minimum atomic E-state index is -0.480. The van der Waals surface area contributed by atoms with Crippen LogP contribution in [0.4, 0.5) is 4.79 Å². The number of carbonyl (C=O) groups is 2. The zero-order chi connectivity index (χ0) is 13.1. The van der Waals surface area contributed by atoms with Crippen LogP contribution in [0, 0.1) is 5.92 Å². The lowest BCUT2D eigenvalue weighted by Crippen LogP contribution is -2.42. The van der Waals surface area contributed by atoms with Crippen molar-refractivity contribution in [2.75, 3.05) is 0 Å². The molecule has 98 valence electrons. The number of nitrogens with one attached hydrogen (secondary N) is 1. The summed E-state index contributed by atoms with van der Waals surface area (Å²) in [7, 11) is 0. The van der Waals surface area contributed by atoms with E-state index in [-0.39, 0.29) is 12.0 Å². The second kappa shape index (κ2) is 5.52. The lowest BCUT2D eigenvalue weighted by Gasteiger charge is -2.28. The summed E-state index contributed by atoms with van der Waals surface area (Å²) in [6.07, 6.45) is 2.81. The highest BCUT2D eigenvalue weighted by Gasteiger charge is 2.26. The van der Waals surface area contributed by atoms with Crippen LogP contribution < -0.4 is 5.32 Å². The molecular weight excluding hydrogens is 218 g/mol. The highest BCUT2D eigenvalue weighted by Crippen LogP contribution is 2.24. The van der Waals surface area contributed by atoms with E-state index in [0.29, 0.717) is 18.6 Å². The number of hydrogen-bond acceptors (Lipinski definition) is 3. The van der Waals surface area contributed by atoms with Gasteiger partial charge in [-0.3, -0.25) is 4.79 Å². The van der Waals surface area contributed by atoms with E-state index >= 15 is 0 Å². The van der Waals surface area contributed by atoms with Crippen molar-refractivity contribution >= 4 is 11.9 Å². The topological polar surface area (TPSA) is 55.4 Å². The third-order valence-corrected chi connectivity index (χ3v) is 2.97. The minimum absolute atomic E-state index is 0.00546. The first kappa shape index (κ1) is 14.0. The van der Waals surface area contributed by atoms with Crippen LogP contribution >= 0.6 is 0 Å². The van der Waals surface area contributed by atoms with Gasteiger partial charge in [-0.25, -0.2) is 4.79 Å². The Labute approximate surface area is 103 Å². The molecule has 1 rings (SSSR count). The van der Waals surface area contributed by atoms with Crippen LogP contribution in [-0.2, 0) is 9.53 Å². The average Bonchev–Trinajstić information content (AvgIpc) is 2.14. The predicted molar refractivity (Wildman–Crippen MR) is 65.8 cm³/mol. The van der Waals surface area contributed by atoms with Crippen LogP contribution in [0.3, 0.4) is 0 Å². The fourth-order valence-corrected chi connectivity index (χ4v) is 2.10. The van der Waals surface area contributed by atoms with Gasteiger partial charge in [-0.05, 0) is 46.5 Å². The van der Waals surface area contributed by atoms with E-state index in [1.807, 2.05) is 27.7 Å². The van der Waals surface area contributed by atoms with Crippen LogP contribution in [0.2, 0.25) is 0 Å². The molecule has 1 saturated carbocycles. The molecule has 4 heteroatoms. The van der Waals surface area contributed by atoms with Crippen molar-refractivity contribution in [1.82, 2.24) is 5.32 Å². The second-order valence-corrected chi connectivity index (χ2v) is 5.83. The number of carbonyl (C=O) groups excluding carboxylic acids is 2. The van der Waals surface area contributed by atoms with E-state index in [4.69, 9.17) is 4.74 Å². The standard InChI is InChI=1S/C13H23NO3/c1-9(10-6-5-7-11(15)8-10)14-12(16)17-13(2,3)4/h9-10H,5-8H2,1-4H3,(H,14,16). The summed E-state index contributed by atoms with van der Waals surface area (Å²) in [6.45, 7) is 7.44. The molecule has 4 nitrogen and oxygen atoms in total. The molecule has 1 N–H and O–H groups in total. The largest absolute Gasteiger partial charge is 0.444 e. The molecule has 1 aliphatic rings. The maximum absolute atomic E-state index is 11.6. The highest BCUT2D eigenvalue weighted by atomic mass is 16.6. The van der Waals surface area contributed by atoms with Crippen molar-refractivity contribution < 1.29 is 14.3 Å². The number of ether oxygens (including phenoxy) is 1. The van der Waals surface area contributed by atoms with Crippen molar-refractivity contribution in [3.8, 4) is 0 Å². The molecule has 0 aliphatic heterocycles. The fourth-order valence-electron chi connectivity index (χ4n) is 2.10. The van der Waals surface area contributed by atoms with E-state index in [9.17, 15) is 9.59 Å². The Balaban J connectivity index is 2.40. The van der Waals surface area contributed by atoms with Gasteiger partial charge in [0, 0.05) is 18.9 Å².